The summed E-state index contributed by atoms with van der Waals surface area (Å²) in [4.78, 5) is 2.00. The average molecular weight is 305 g/mol. The first-order valence-corrected chi connectivity index (χ1v) is 1.34. The average Bonchev–Trinajstić information content (AvgIpc) is 0.811. The van der Waals surface area contributed by atoms with Gasteiger partial charge in [-0.15, -0.1) is 0 Å². The van der Waals surface area contributed by atoms with Crippen LogP contribution >= 0.6 is 9.90 Å². The van der Waals surface area contributed by atoms with Gasteiger partial charge in [-0.1, -0.05) is 0 Å². The summed E-state index contributed by atoms with van der Waals surface area (Å²) in [6.07, 6.45) is 0. The van der Waals surface area contributed by atoms with Crippen LogP contribution in [0.3, 0.4) is 0 Å². The summed E-state index contributed by atoms with van der Waals surface area (Å²) in [6, 6.07) is 0. The van der Waals surface area contributed by atoms with Gasteiger partial charge in [0.05, 0.1) is 0 Å². The van der Waals surface area contributed by atoms with Crippen LogP contribution in [0.15, 0.2) is 0 Å². The maximum atomic E-state index is 2.00. The molecule has 42 valence electrons. The standard InChI is InChI=1S/C3H9N.Bi.H3P.3H/c1-4(2)3;;;;;/h1-3H3;;1H3;;;. The molecule has 0 aliphatic heterocycles. The van der Waals surface area contributed by atoms with E-state index in [0.29, 0.717) is 0 Å². The topological polar surface area (TPSA) is 3.24 Å². The van der Waals surface area contributed by atoms with Gasteiger partial charge in [0.15, 0.2) is 0 Å². The molecule has 3 heteroatoms. The van der Waals surface area contributed by atoms with E-state index in [1.165, 1.54) is 0 Å². The Bertz CT molecular complexity index is 15.5. The van der Waals surface area contributed by atoms with E-state index in [0.717, 1.165) is 0 Å². The van der Waals surface area contributed by atoms with E-state index in [1.807, 2.05) is 26.0 Å². The van der Waals surface area contributed by atoms with Gasteiger partial charge in [0, 0.05) is 0 Å². The third-order valence-electron chi connectivity index (χ3n) is 0. The van der Waals surface area contributed by atoms with Crippen molar-refractivity contribution in [3.05, 3.63) is 0 Å². The SMILES string of the molecule is CN(C)C.P.[BiH3]. The monoisotopic (exact) mass is 305 g/mol. The molecule has 0 aromatic heterocycles. The normalized spacial score (nSPS) is 6.00. The van der Waals surface area contributed by atoms with Gasteiger partial charge in [-0.3, -0.25) is 0 Å². The Morgan fingerprint density at radius 3 is 1.00 bits per heavy atom. The Balaban J connectivity index is -0.0000000450. The van der Waals surface area contributed by atoms with Crippen molar-refractivity contribution in [1.82, 2.24) is 4.90 Å². The minimum absolute atomic E-state index is 0. The van der Waals surface area contributed by atoms with Gasteiger partial charge in [-0.2, -0.15) is 9.90 Å². The number of rotatable bonds is 0. The molecule has 0 aromatic rings. The molecule has 0 aliphatic carbocycles. The predicted octanol–water partition coefficient (Wildman–Crippen LogP) is -0.948. The fourth-order valence-corrected chi connectivity index (χ4v) is 0. The molecule has 0 radical (unpaired) electrons. The van der Waals surface area contributed by atoms with Crippen molar-refractivity contribution >= 4 is 36.1 Å². The predicted molar refractivity (Wildman–Crippen MR) is 40.7 cm³/mol. The molecule has 0 rings (SSSR count). The van der Waals surface area contributed by atoms with Gasteiger partial charge in [0.1, 0.15) is 0 Å². The molecule has 1 nitrogen and oxygen atoms in total. The van der Waals surface area contributed by atoms with Crippen molar-refractivity contribution in [1.29, 1.82) is 0 Å². The van der Waals surface area contributed by atoms with Crippen molar-refractivity contribution in [3.63, 3.8) is 0 Å². The van der Waals surface area contributed by atoms with Crippen LogP contribution in [0.5, 0.6) is 0 Å². The van der Waals surface area contributed by atoms with Crippen LogP contribution in [-0.2, 0) is 0 Å². The molecule has 0 aliphatic rings. The van der Waals surface area contributed by atoms with Crippen LogP contribution in [0.1, 0.15) is 0 Å². The Labute approximate surface area is 62.2 Å². The Morgan fingerprint density at radius 1 is 1.00 bits per heavy atom. The summed E-state index contributed by atoms with van der Waals surface area (Å²) in [5.74, 6) is 0. The van der Waals surface area contributed by atoms with Gasteiger partial charge < -0.3 is 4.90 Å². The quantitative estimate of drug-likeness (QED) is 0.412. The molecule has 1 unspecified atom stereocenters. The zero-order valence-electron chi connectivity index (χ0n) is 4.86. The Morgan fingerprint density at radius 2 is 1.00 bits per heavy atom. The molecule has 0 bridgehead atoms. The third-order valence-corrected chi connectivity index (χ3v) is 0. The maximum absolute atomic E-state index is 2.00. The Kier molecular flexibility index (Phi) is 25.0. The van der Waals surface area contributed by atoms with E-state index in [-0.39, 0.29) is 36.1 Å². The van der Waals surface area contributed by atoms with Crippen molar-refractivity contribution in [2.45, 2.75) is 0 Å². The number of hydrogen-bond acceptors (Lipinski definition) is 1. The second kappa shape index (κ2) is 9.55. The molecule has 0 amide bonds. The van der Waals surface area contributed by atoms with Crippen LogP contribution in [0.25, 0.3) is 0 Å². The summed E-state index contributed by atoms with van der Waals surface area (Å²) in [7, 11) is 6.00. The van der Waals surface area contributed by atoms with E-state index in [1.54, 1.807) is 0 Å². The molecule has 0 fully saturated rings. The number of hydrogen-bond donors (Lipinski definition) is 0. The van der Waals surface area contributed by atoms with Gasteiger partial charge in [-0.25, -0.2) is 0 Å². The molecule has 1 atom stereocenters. The van der Waals surface area contributed by atoms with Crippen molar-refractivity contribution < 1.29 is 0 Å². The van der Waals surface area contributed by atoms with Gasteiger partial charge >= 0.3 is 26.2 Å². The molecule has 0 spiro atoms. The summed E-state index contributed by atoms with van der Waals surface area (Å²) >= 11 is 0. The molecule has 6 heavy (non-hydrogen) atoms. The second-order valence-electron chi connectivity index (χ2n) is 1.34. The van der Waals surface area contributed by atoms with Crippen LogP contribution < -0.4 is 0 Å². The first-order valence-electron chi connectivity index (χ1n) is 1.34. The molecule has 0 aromatic carbocycles. The third kappa shape index (κ3) is 59.4. The van der Waals surface area contributed by atoms with Crippen molar-refractivity contribution in [2.75, 3.05) is 21.1 Å². The number of nitrogens with zero attached hydrogens (tertiary/aromatic N) is 1. The van der Waals surface area contributed by atoms with Gasteiger partial charge in [0.2, 0.25) is 0 Å². The molecule has 0 saturated carbocycles. The van der Waals surface area contributed by atoms with E-state index in [2.05, 4.69) is 0 Å². The van der Waals surface area contributed by atoms with E-state index in [4.69, 9.17) is 0 Å². The summed E-state index contributed by atoms with van der Waals surface area (Å²) in [5.41, 5.74) is 0. The molecule has 0 N–H and O–H groups in total. The summed E-state index contributed by atoms with van der Waals surface area (Å²) in [6.45, 7) is 0. The fourth-order valence-electron chi connectivity index (χ4n) is 0. The van der Waals surface area contributed by atoms with Gasteiger partial charge in [-0.05, 0) is 21.1 Å². The molecular formula is C3H15BiNP. The molecular weight excluding hydrogens is 290 g/mol. The summed E-state index contributed by atoms with van der Waals surface area (Å²) < 4.78 is 0. The van der Waals surface area contributed by atoms with Crippen LogP contribution in [0.4, 0.5) is 0 Å². The van der Waals surface area contributed by atoms with E-state index >= 15 is 0 Å². The minimum atomic E-state index is 0. The van der Waals surface area contributed by atoms with Crippen molar-refractivity contribution in [2.24, 2.45) is 0 Å². The first-order chi connectivity index (χ1) is 1.73. The Hall–Kier alpha value is 1.27. The first kappa shape index (κ1) is 15.7. The van der Waals surface area contributed by atoms with E-state index < -0.39 is 0 Å². The molecule has 0 saturated heterocycles. The van der Waals surface area contributed by atoms with Crippen molar-refractivity contribution in [3.8, 4) is 0 Å². The second-order valence-corrected chi connectivity index (χ2v) is 1.34. The zero-order valence-corrected chi connectivity index (χ0v) is 11.8. The van der Waals surface area contributed by atoms with Crippen LogP contribution in [-0.4, -0.2) is 52.2 Å². The van der Waals surface area contributed by atoms with E-state index in [9.17, 15) is 0 Å². The van der Waals surface area contributed by atoms with Gasteiger partial charge in [0.25, 0.3) is 0 Å². The van der Waals surface area contributed by atoms with Crippen LogP contribution in [0, 0.1) is 0 Å². The summed E-state index contributed by atoms with van der Waals surface area (Å²) in [5, 5.41) is 0. The molecule has 0 heterocycles. The van der Waals surface area contributed by atoms with Crippen LogP contribution in [0.2, 0.25) is 0 Å². The zero-order chi connectivity index (χ0) is 3.58. The fraction of sp³-hybridized carbons (Fsp3) is 1.00.